The van der Waals surface area contributed by atoms with E-state index in [9.17, 15) is 13.2 Å². The predicted octanol–water partition coefficient (Wildman–Crippen LogP) is 3.30. The normalized spacial score (nSPS) is 11.2. The van der Waals surface area contributed by atoms with Gasteiger partial charge in [0.2, 0.25) is 11.0 Å². The summed E-state index contributed by atoms with van der Waals surface area (Å²) >= 11 is 1.34. The second-order valence-electron chi connectivity index (χ2n) is 4.63. The Morgan fingerprint density at radius 1 is 1.26 bits per heavy atom. The van der Waals surface area contributed by atoms with E-state index in [0.29, 0.717) is 10.7 Å². The fourth-order valence-electron chi connectivity index (χ4n) is 1.90. The number of rotatable bonds is 5. The molecule has 0 radical (unpaired) electrons. The maximum atomic E-state index is 14.2. The Labute approximate surface area is 132 Å². The first kappa shape index (κ1) is 15.4. The van der Waals surface area contributed by atoms with Crippen molar-refractivity contribution in [3.05, 3.63) is 41.0 Å². The van der Waals surface area contributed by atoms with Crippen LogP contribution in [0.1, 0.15) is 17.9 Å². The first-order valence-corrected chi connectivity index (χ1v) is 7.30. The number of alkyl halides is 2. The second-order valence-corrected chi connectivity index (χ2v) is 5.44. The van der Waals surface area contributed by atoms with Crippen LogP contribution in [0.4, 0.5) is 18.3 Å². The standard InChI is InChI=1S/C13H10F3N5OS/c1-21(13-20-17-6-23-13)5-8-3-2-7(4-9(8)14)11-18-19-12(22-11)10(15)16/h2-4,6,10H,5H2,1H3. The minimum Gasteiger partial charge on any atom is -0.415 e. The van der Waals surface area contributed by atoms with E-state index in [0.717, 1.165) is 0 Å². The summed E-state index contributed by atoms with van der Waals surface area (Å²) in [5.74, 6) is -1.45. The summed E-state index contributed by atoms with van der Waals surface area (Å²) in [5, 5.41) is 15.0. The molecule has 0 fully saturated rings. The zero-order valence-corrected chi connectivity index (χ0v) is 12.6. The molecular formula is C13H10F3N5OS. The molecule has 0 bridgehead atoms. The predicted molar refractivity (Wildman–Crippen MR) is 76.7 cm³/mol. The van der Waals surface area contributed by atoms with Gasteiger partial charge in [-0.1, -0.05) is 17.4 Å². The van der Waals surface area contributed by atoms with Crippen LogP contribution >= 0.6 is 11.3 Å². The Balaban J connectivity index is 1.80. The van der Waals surface area contributed by atoms with Crippen LogP contribution in [0.15, 0.2) is 28.1 Å². The Hall–Kier alpha value is -2.49. The minimum absolute atomic E-state index is 0.150. The van der Waals surface area contributed by atoms with E-state index in [-0.39, 0.29) is 18.0 Å². The van der Waals surface area contributed by atoms with Crippen LogP contribution in [0.2, 0.25) is 0 Å². The lowest BCUT2D eigenvalue weighted by Gasteiger charge is -2.15. The molecule has 1 aromatic carbocycles. The van der Waals surface area contributed by atoms with Crippen LogP contribution < -0.4 is 4.90 Å². The van der Waals surface area contributed by atoms with Crippen molar-refractivity contribution in [3.8, 4) is 11.5 Å². The summed E-state index contributed by atoms with van der Waals surface area (Å²) < 4.78 is 43.9. The molecule has 0 saturated heterocycles. The summed E-state index contributed by atoms with van der Waals surface area (Å²) in [5.41, 5.74) is 2.24. The molecule has 0 aliphatic rings. The van der Waals surface area contributed by atoms with Crippen molar-refractivity contribution in [2.75, 3.05) is 11.9 Å². The Morgan fingerprint density at radius 2 is 2.09 bits per heavy atom. The highest BCUT2D eigenvalue weighted by molar-refractivity contribution is 7.13. The molecule has 3 aromatic rings. The number of anilines is 1. The second kappa shape index (κ2) is 6.32. The zero-order chi connectivity index (χ0) is 16.4. The quantitative estimate of drug-likeness (QED) is 0.709. The topological polar surface area (TPSA) is 67.9 Å². The van der Waals surface area contributed by atoms with E-state index in [4.69, 9.17) is 4.42 Å². The number of aromatic nitrogens is 4. The van der Waals surface area contributed by atoms with Gasteiger partial charge in [0.05, 0.1) is 0 Å². The van der Waals surface area contributed by atoms with Crippen LogP contribution in [0.3, 0.4) is 0 Å². The molecule has 0 amide bonds. The number of nitrogens with zero attached hydrogens (tertiary/aromatic N) is 5. The van der Waals surface area contributed by atoms with Crippen LogP contribution in [0.5, 0.6) is 0 Å². The largest absolute Gasteiger partial charge is 0.415 e. The van der Waals surface area contributed by atoms with Gasteiger partial charge in [-0.25, -0.2) is 4.39 Å². The first-order chi connectivity index (χ1) is 11.0. The number of hydrogen-bond donors (Lipinski definition) is 0. The van der Waals surface area contributed by atoms with E-state index in [1.807, 2.05) is 0 Å². The van der Waals surface area contributed by atoms with Gasteiger partial charge in [-0.2, -0.15) is 8.78 Å². The molecule has 23 heavy (non-hydrogen) atoms. The zero-order valence-electron chi connectivity index (χ0n) is 11.8. The highest BCUT2D eigenvalue weighted by atomic mass is 32.1. The maximum Gasteiger partial charge on any atom is 0.314 e. The fourth-order valence-corrected chi connectivity index (χ4v) is 2.43. The van der Waals surface area contributed by atoms with Gasteiger partial charge < -0.3 is 9.32 Å². The molecule has 0 spiro atoms. The van der Waals surface area contributed by atoms with E-state index in [1.165, 1.54) is 29.5 Å². The highest BCUT2D eigenvalue weighted by Gasteiger charge is 2.18. The van der Waals surface area contributed by atoms with Gasteiger partial charge in [0.1, 0.15) is 11.3 Å². The third-order valence-corrected chi connectivity index (χ3v) is 3.81. The highest BCUT2D eigenvalue weighted by Crippen LogP contribution is 2.25. The Kier molecular flexibility index (Phi) is 4.24. The van der Waals surface area contributed by atoms with Crippen LogP contribution in [0, 0.1) is 5.82 Å². The molecule has 0 aliphatic carbocycles. The summed E-state index contributed by atoms with van der Waals surface area (Å²) in [4.78, 5) is 1.75. The summed E-state index contributed by atoms with van der Waals surface area (Å²) in [6, 6.07) is 4.25. The molecule has 0 aliphatic heterocycles. The molecular weight excluding hydrogens is 331 g/mol. The molecule has 0 saturated carbocycles. The summed E-state index contributed by atoms with van der Waals surface area (Å²) in [7, 11) is 1.76. The van der Waals surface area contributed by atoms with Crippen molar-refractivity contribution < 1.29 is 17.6 Å². The Bertz CT molecular complexity index is 793. The van der Waals surface area contributed by atoms with Crippen LogP contribution in [-0.2, 0) is 6.54 Å². The van der Waals surface area contributed by atoms with E-state index >= 15 is 0 Å². The maximum absolute atomic E-state index is 14.2. The third-order valence-electron chi connectivity index (χ3n) is 3.01. The van der Waals surface area contributed by atoms with Gasteiger partial charge >= 0.3 is 6.43 Å². The molecule has 0 unspecified atom stereocenters. The van der Waals surface area contributed by atoms with Crippen molar-refractivity contribution in [2.24, 2.45) is 0 Å². The average Bonchev–Trinajstić information content (AvgIpc) is 3.20. The molecule has 2 heterocycles. The molecule has 6 nitrogen and oxygen atoms in total. The summed E-state index contributed by atoms with van der Waals surface area (Å²) in [6.07, 6.45) is -2.86. The number of hydrogen-bond acceptors (Lipinski definition) is 7. The van der Waals surface area contributed by atoms with Crippen molar-refractivity contribution in [2.45, 2.75) is 13.0 Å². The van der Waals surface area contributed by atoms with Gasteiger partial charge in [0, 0.05) is 24.7 Å². The third kappa shape index (κ3) is 3.31. The fraction of sp³-hybridized carbons (Fsp3) is 0.231. The molecule has 0 N–H and O–H groups in total. The SMILES string of the molecule is CN(Cc1ccc(-c2nnc(C(F)F)o2)cc1F)c1nncs1. The summed E-state index contributed by atoms with van der Waals surface area (Å²) in [6.45, 7) is 0.285. The van der Waals surface area contributed by atoms with E-state index < -0.39 is 18.1 Å². The average molecular weight is 341 g/mol. The van der Waals surface area contributed by atoms with Gasteiger partial charge in [-0.15, -0.1) is 20.4 Å². The van der Waals surface area contributed by atoms with Gasteiger partial charge in [0.25, 0.3) is 5.89 Å². The van der Waals surface area contributed by atoms with Crippen molar-refractivity contribution in [3.63, 3.8) is 0 Å². The lowest BCUT2D eigenvalue weighted by Crippen LogP contribution is -2.17. The molecule has 2 aromatic heterocycles. The molecule has 120 valence electrons. The molecule has 10 heteroatoms. The Morgan fingerprint density at radius 3 is 2.70 bits per heavy atom. The van der Waals surface area contributed by atoms with E-state index in [2.05, 4.69) is 20.4 Å². The van der Waals surface area contributed by atoms with Crippen molar-refractivity contribution in [1.82, 2.24) is 20.4 Å². The van der Waals surface area contributed by atoms with Crippen molar-refractivity contribution >= 4 is 16.5 Å². The minimum atomic E-state index is -2.86. The van der Waals surface area contributed by atoms with Gasteiger partial charge in [-0.05, 0) is 12.1 Å². The monoisotopic (exact) mass is 341 g/mol. The van der Waals surface area contributed by atoms with Crippen LogP contribution in [-0.4, -0.2) is 27.4 Å². The first-order valence-electron chi connectivity index (χ1n) is 6.42. The smallest absolute Gasteiger partial charge is 0.314 e. The van der Waals surface area contributed by atoms with Gasteiger partial charge in [0.15, 0.2) is 0 Å². The number of halogens is 3. The van der Waals surface area contributed by atoms with Crippen LogP contribution in [0.25, 0.3) is 11.5 Å². The van der Waals surface area contributed by atoms with Crippen molar-refractivity contribution in [1.29, 1.82) is 0 Å². The molecule has 3 rings (SSSR count). The van der Waals surface area contributed by atoms with Gasteiger partial charge in [-0.3, -0.25) is 0 Å². The number of benzene rings is 1. The lowest BCUT2D eigenvalue weighted by atomic mass is 10.1. The van der Waals surface area contributed by atoms with E-state index in [1.54, 1.807) is 17.5 Å². The molecule has 0 atom stereocenters. The lowest BCUT2D eigenvalue weighted by molar-refractivity contribution is 0.116.